The summed E-state index contributed by atoms with van der Waals surface area (Å²) >= 11 is 5.99. The minimum atomic E-state index is -0.792. The number of aliphatic carboxylic acids is 1. The standard InChI is InChI=1S/C10H13ClN2O2/c1-2-8-12-9(11)6-4-3-5-7(10(14)15)13(6)8/h7H,2-5H2,1H3,(H,14,15). The van der Waals surface area contributed by atoms with Gasteiger partial charge in [0.2, 0.25) is 0 Å². The van der Waals surface area contributed by atoms with E-state index in [1.807, 2.05) is 6.92 Å². The van der Waals surface area contributed by atoms with Gasteiger partial charge in [-0.3, -0.25) is 0 Å². The highest BCUT2D eigenvalue weighted by Gasteiger charge is 2.29. The summed E-state index contributed by atoms with van der Waals surface area (Å²) in [5.74, 6) is -0.0122. The largest absolute Gasteiger partial charge is 0.480 e. The van der Waals surface area contributed by atoms with E-state index in [9.17, 15) is 4.79 Å². The third kappa shape index (κ3) is 1.63. The number of imidazole rings is 1. The lowest BCUT2D eigenvalue weighted by Gasteiger charge is -2.23. The molecule has 0 radical (unpaired) electrons. The third-order valence-electron chi connectivity index (χ3n) is 2.84. The summed E-state index contributed by atoms with van der Waals surface area (Å²) in [6.45, 7) is 1.96. The van der Waals surface area contributed by atoms with Crippen LogP contribution in [0.25, 0.3) is 0 Å². The van der Waals surface area contributed by atoms with Gasteiger partial charge in [-0.15, -0.1) is 0 Å². The van der Waals surface area contributed by atoms with Crippen molar-refractivity contribution in [1.82, 2.24) is 9.55 Å². The fourth-order valence-corrected chi connectivity index (χ4v) is 2.44. The third-order valence-corrected chi connectivity index (χ3v) is 3.14. The van der Waals surface area contributed by atoms with E-state index in [-0.39, 0.29) is 0 Å². The molecule has 0 saturated heterocycles. The van der Waals surface area contributed by atoms with Gasteiger partial charge in [0.1, 0.15) is 11.9 Å². The number of fused-ring (bicyclic) bond motifs is 1. The Balaban J connectivity index is 2.53. The van der Waals surface area contributed by atoms with Gasteiger partial charge in [-0.25, -0.2) is 9.78 Å². The first-order valence-electron chi connectivity index (χ1n) is 5.13. The SMILES string of the molecule is CCc1nc(Cl)c2n1C(C(=O)O)CCC2. The van der Waals surface area contributed by atoms with E-state index in [0.717, 1.165) is 24.4 Å². The molecule has 0 saturated carbocycles. The minimum absolute atomic E-state index is 0.470. The van der Waals surface area contributed by atoms with Crippen LogP contribution in [-0.2, 0) is 17.6 Å². The van der Waals surface area contributed by atoms with Crippen LogP contribution in [0.5, 0.6) is 0 Å². The maximum atomic E-state index is 11.1. The first-order chi connectivity index (χ1) is 7.15. The van der Waals surface area contributed by atoms with Gasteiger partial charge in [0, 0.05) is 6.42 Å². The molecular formula is C10H13ClN2O2. The van der Waals surface area contributed by atoms with Crippen molar-refractivity contribution < 1.29 is 9.90 Å². The highest BCUT2D eigenvalue weighted by molar-refractivity contribution is 6.30. The van der Waals surface area contributed by atoms with E-state index in [1.54, 1.807) is 4.57 Å². The van der Waals surface area contributed by atoms with Crippen LogP contribution in [0.15, 0.2) is 0 Å². The van der Waals surface area contributed by atoms with Crippen LogP contribution in [0, 0.1) is 0 Å². The van der Waals surface area contributed by atoms with Gasteiger partial charge in [0.05, 0.1) is 5.69 Å². The number of aromatic nitrogens is 2. The Bertz CT molecular complexity index is 400. The van der Waals surface area contributed by atoms with E-state index in [1.165, 1.54) is 0 Å². The van der Waals surface area contributed by atoms with Crippen molar-refractivity contribution in [3.63, 3.8) is 0 Å². The van der Waals surface area contributed by atoms with Gasteiger partial charge in [-0.1, -0.05) is 18.5 Å². The number of hydrogen-bond acceptors (Lipinski definition) is 2. The van der Waals surface area contributed by atoms with Gasteiger partial charge in [-0.2, -0.15) is 0 Å². The number of halogens is 1. The second kappa shape index (κ2) is 3.85. The number of hydrogen-bond donors (Lipinski definition) is 1. The molecule has 1 aromatic heterocycles. The number of nitrogens with zero attached hydrogens (tertiary/aromatic N) is 2. The highest BCUT2D eigenvalue weighted by Crippen LogP contribution is 2.31. The average molecular weight is 229 g/mol. The molecule has 0 spiro atoms. The number of carbonyl (C=O) groups is 1. The van der Waals surface area contributed by atoms with Crippen molar-refractivity contribution in [2.24, 2.45) is 0 Å². The number of rotatable bonds is 2. The Morgan fingerprint density at radius 3 is 3.07 bits per heavy atom. The molecule has 0 bridgehead atoms. The predicted octanol–water partition coefficient (Wildman–Crippen LogP) is 2.06. The normalized spacial score (nSPS) is 20.0. The van der Waals surface area contributed by atoms with Crippen LogP contribution in [0.2, 0.25) is 5.15 Å². The average Bonchev–Trinajstić information content (AvgIpc) is 2.55. The molecule has 1 aromatic rings. The zero-order valence-electron chi connectivity index (χ0n) is 8.53. The first kappa shape index (κ1) is 10.5. The highest BCUT2D eigenvalue weighted by atomic mass is 35.5. The number of carboxylic acids is 1. The summed E-state index contributed by atoms with van der Waals surface area (Å²) in [5.41, 5.74) is 0.882. The van der Waals surface area contributed by atoms with Crippen molar-refractivity contribution in [3.05, 3.63) is 16.7 Å². The molecule has 82 valence electrons. The minimum Gasteiger partial charge on any atom is -0.480 e. The summed E-state index contributed by atoms with van der Waals surface area (Å²) in [7, 11) is 0. The molecule has 2 rings (SSSR count). The van der Waals surface area contributed by atoms with E-state index < -0.39 is 12.0 Å². The van der Waals surface area contributed by atoms with Crippen LogP contribution in [-0.4, -0.2) is 20.6 Å². The molecule has 0 aliphatic carbocycles. The molecule has 1 N–H and O–H groups in total. The van der Waals surface area contributed by atoms with E-state index >= 15 is 0 Å². The molecule has 1 aliphatic heterocycles. The lowest BCUT2D eigenvalue weighted by molar-refractivity contribution is -0.141. The molecule has 1 atom stereocenters. The zero-order chi connectivity index (χ0) is 11.0. The second-order valence-corrected chi connectivity index (χ2v) is 4.09. The fraction of sp³-hybridized carbons (Fsp3) is 0.600. The summed E-state index contributed by atoms with van der Waals surface area (Å²) < 4.78 is 1.80. The van der Waals surface area contributed by atoms with Crippen LogP contribution < -0.4 is 0 Å². The molecule has 2 heterocycles. The van der Waals surface area contributed by atoms with E-state index in [2.05, 4.69) is 4.98 Å². The summed E-state index contributed by atoms with van der Waals surface area (Å²) in [4.78, 5) is 15.3. The summed E-state index contributed by atoms with van der Waals surface area (Å²) in [5, 5.41) is 9.59. The Morgan fingerprint density at radius 1 is 1.73 bits per heavy atom. The molecular weight excluding hydrogens is 216 g/mol. The van der Waals surface area contributed by atoms with Crippen molar-refractivity contribution in [2.45, 2.75) is 38.6 Å². The van der Waals surface area contributed by atoms with Gasteiger partial charge in [-0.05, 0) is 19.3 Å². The van der Waals surface area contributed by atoms with Gasteiger partial charge in [0.15, 0.2) is 5.15 Å². The Kier molecular flexibility index (Phi) is 2.69. The Morgan fingerprint density at radius 2 is 2.47 bits per heavy atom. The van der Waals surface area contributed by atoms with Crippen LogP contribution in [0.4, 0.5) is 0 Å². The molecule has 4 nitrogen and oxygen atoms in total. The molecule has 15 heavy (non-hydrogen) atoms. The molecule has 0 fully saturated rings. The summed E-state index contributed by atoms with van der Waals surface area (Å²) in [6.07, 6.45) is 3.08. The van der Waals surface area contributed by atoms with Crippen LogP contribution in [0.1, 0.15) is 37.3 Å². The van der Waals surface area contributed by atoms with Gasteiger partial charge in [0.25, 0.3) is 0 Å². The lowest BCUT2D eigenvalue weighted by atomic mass is 10.0. The van der Waals surface area contributed by atoms with Crippen LogP contribution in [0.3, 0.4) is 0 Å². The number of carboxylic acid groups (broad SMARTS) is 1. The van der Waals surface area contributed by atoms with Gasteiger partial charge < -0.3 is 9.67 Å². The topological polar surface area (TPSA) is 55.1 Å². The van der Waals surface area contributed by atoms with Crippen molar-refractivity contribution >= 4 is 17.6 Å². The molecule has 0 aromatic carbocycles. The lowest BCUT2D eigenvalue weighted by Crippen LogP contribution is -2.26. The summed E-state index contributed by atoms with van der Waals surface area (Å²) in [6, 6.07) is -0.483. The first-order valence-corrected chi connectivity index (χ1v) is 5.51. The van der Waals surface area contributed by atoms with E-state index in [4.69, 9.17) is 16.7 Å². The van der Waals surface area contributed by atoms with Crippen molar-refractivity contribution in [2.75, 3.05) is 0 Å². The molecule has 1 unspecified atom stereocenters. The van der Waals surface area contributed by atoms with Crippen molar-refractivity contribution in [1.29, 1.82) is 0 Å². The Labute approximate surface area is 92.9 Å². The maximum Gasteiger partial charge on any atom is 0.326 e. The quantitative estimate of drug-likeness (QED) is 0.843. The van der Waals surface area contributed by atoms with Crippen LogP contribution >= 0.6 is 11.6 Å². The molecule has 0 amide bonds. The smallest absolute Gasteiger partial charge is 0.326 e. The molecule has 1 aliphatic rings. The monoisotopic (exact) mass is 228 g/mol. The number of aryl methyl sites for hydroxylation is 1. The molecule has 5 heteroatoms. The zero-order valence-corrected chi connectivity index (χ0v) is 9.29. The van der Waals surface area contributed by atoms with E-state index in [0.29, 0.717) is 18.0 Å². The van der Waals surface area contributed by atoms with Crippen molar-refractivity contribution in [3.8, 4) is 0 Å². The Hall–Kier alpha value is -1.03. The maximum absolute atomic E-state index is 11.1. The van der Waals surface area contributed by atoms with Gasteiger partial charge >= 0.3 is 5.97 Å². The second-order valence-electron chi connectivity index (χ2n) is 3.74. The fourth-order valence-electron chi connectivity index (χ4n) is 2.15. The predicted molar refractivity (Wildman–Crippen MR) is 56.2 cm³/mol.